The van der Waals surface area contributed by atoms with Gasteiger partial charge < -0.3 is 11.1 Å². The molecule has 1 saturated carbocycles. The zero-order valence-corrected chi connectivity index (χ0v) is 12.1. The molecule has 1 aliphatic carbocycles. The maximum atomic E-state index is 12.0. The van der Waals surface area contributed by atoms with Crippen molar-refractivity contribution >= 4 is 21.4 Å². The van der Waals surface area contributed by atoms with Crippen LogP contribution in [0, 0.1) is 5.92 Å². The first-order valence-corrected chi connectivity index (χ1v) is 8.02. The second kappa shape index (κ2) is 5.38. The van der Waals surface area contributed by atoms with E-state index < -0.39 is 10.0 Å². The molecule has 1 aliphatic rings. The van der Waals surface area contributed by atoms with Gasteiger partial charge in [-0.15, -0.1) is 0 Å². The number of hydrogen-bond acceptors (Lipinski definition) is 4. The van der Waals surface area contributed by atoms with Gasteiger partial charge in [0.15, 0.2) is 0 Å². The van der Waals surface area contributed by atoms with Gasteiger partial charge in [-0.05, 0) is 50.9 Å². The molecule has 1 unspecified atom stereocenters. The van der Waals surface area contributed by atoms with Crippen LogP contribution in [0.5, 0.6) is 0 Å². The smallest absolute Gasteiger partial charge is 0.242 e. The van der Waals surface area contributed by atoms with E-state index in [4.69, 9.17) is 5.73 Å². The number of hydrogen-bond donors (Lipinski definition) is 3. The number of nitrogen functional groups attached to an aromatic ring is 1. The molecule has 0 bridgehead atoms. The molecule has 0 aliphatic heterocycles. The highest BCUT2D eigenvalue weighted by molar-refractivity contribution is 7.89. The summed E-state index contributed by atoms with van der Waals surface area (Å²) in [5.41, 5.74) is 6.74. The standard InChI is InChI=1S/C13H21N3O2S/c1-9(10-4-3-5-10)16-12-7-6-11(14)8-13(12)19(17,18)15-2/h6-10,15-16H,3-5,14H2,1-2H3. The highest BCUT2D eigenvalue weighted by atomic mass is 32.2. The molecule has 1 aromatic carbocycles. The predicted octanol–water partition coefficient (Wildman–Crippen LogP) is 1.78. The molecule has 5 nitrogen and oxygen atoms in total. The average Bonchev–Trinajstić information content (AvgIpc) is 2.29. The van der Waals surface area contributed by atoms with Crippen molar-refractivity contribution in [1.82, 2.24) is 4.72 Å². The Labute approximate surface area is 114 Å². The Morgan fingerprint density at radius 2 is 2.05 bits per heavy atom. The van der Waals surface area contributed by atoms with E-state index in [0.717, 1.165) is 0 Å². The molecule has 4 N–H and O–H groups in total. The summed E-state index contributed by atoms with van der Waals surface area (Å²) in [4.78, 5) is 0.209. The fraction of sp³-hybridized carbons (Fsp3) is 0.538. The van der Waals surface area contributed by atoms with E-state index >= 15 is 0 Å². The molecule has 0 amide bonds. The summed E-state index contributed by atoms with van der Waals surface area (Å²) >= 11 is 0. The molecule has 1 atom stereocenters. The molecule has 106 valence electrons. The van der Waals surface area contributed by atoms with Gasteiger partial charge in [-0.25, -0.2) is 13.1 Å². The average molecular weight is 283 g/mol. The Bertz CT molecular complexity index is 553. The second-order valence-electron chi connectivity index (χ2n) is 5.09. The van der Waals surface area contributed by atoms with Crippen LogP contribution in [0.4, 0.5) is 11.4 Å². The van der Waals surface area contributed by atoms with Crippen LogP contribution < -0.4 is 15.8 Å². The van der Waals surface area contributed by atoms with Crippen LogP contribution in [0.2, 0.25) is 0 Å². The van der Waals surface area contributed by atoms with Crippen LogP contribution in [-0.4, -0.2) is 21.5 Å². The molecule has 0 saturated heterocycles. The third kappa shape index (κ3) is 3.01. The van der Waals surface area contributed by atoms with Crippen LogP contribution in [0.25, 0.3) is 0 Å². The van der Waals surface area contributed by atoms with Crippen molar-refractivity contribution in [3.63, 3.8) is 0 Å². The Morgan fingerprint density at radius 3 is 2.58 bits per heavy atom. The molecular formula is C13H21N3O2S. The summed E-state index contributed by atoms with van der Waals surface area (Å²) in [5.74, 6) is 0.627. The fourth-order valence-corrected chi connectivity index (χ4v) is 3.22. The number of sulfonamides is 1. The number of benzene rings is 1. The van der Waals surface area contributed by atoms with Crippen molar-refractivity contribution in [1.29, 1.82) is 0 Å². The summed E-state index contributed by atoms with van der Waals surface area (Å²) in [7, 11) is -2.10. The van der Waals surface area contributed by atoms with E-state index in [1.54, 1.807) is 12.1 Å². The number of nitrogens with one attached hydrogen (secondary N) is 2. The monoisotopic (exact) mass is 283 g/mol. The normalized spacial score (nSPS) is 17.8. The summed E-state index contributed by atoms with van der Waals surface area (Å²) in [6.07, 6.45) is 3.68. The minimum Gasteiger partial charge on any atom is -0.399 e. The fourth-order valence-electron chi connectivity index (χ4n) is 2.29. The minimum absolute atomic E-state index is 0.209. The van der Waals surface area contributed by atoms with Gasteiger partial charge >= 0.3 is 0 Å². The largest absolute Gasteiger partial charge is 0.399 e. The molecule has 2 rings (SSSR count). The molecule has 19 heavy (non-hydrogen) atoms. The van der Waals surface area contributed by atoms with Crippen LogP contribution in [0.1, 0.15) is 26.2 Å². The van der Waals surface area contributed by atoms with E-state index in [0.29, 0.717) is 17.3 Å². The second-order valence-corrected chi connectivity index (χ2v) is 6.94. The van der Waals surface area contributed by atoms with Gasteiger partial charge in [0, 0.05) is 11.7 Å². The van der Waals surface area contributed by atoms with E-state index in [1.165, 1.54) is 32.4 Å². The van der Waals surface area contributed by atoms with Gasteiger partial charge in [0.25, 0.3) is 0 Å². The summed E-state index contributed by atoms with van der Waals surface area (Å²) in [6.45, 7) is 2.09. The first kappa shape index (κ1) is 14.1. The van der Waals surface area contributed by atoms with Crippen molar-refractivity contribution in [2.45, 2.75) is 37.1 Å². The van der Waals surface area contributed by atoms with Gasteiger partial charge in [0.1, 0.15) is 4.90 Å². The summed E-state index contributed by atoms with van der Waals surface area (Å²) < 4.78 is 26.3. The molecule has 1 aromatic rings. The van der Waals surface area contributed by atoms with Crippen LogP contribution in [-0.2, 0) is 10.0 Å². The van der Waals surface area contributed by atoms with Crippen molar-refractivity contribution < 1.29 is 8.42 Å². The zero-order valence-electron chi connectivity index (χ0n) is 11.3. The molecule has 0 heterocycles. The maximum Gasteiger partial charge on any atom is 0.242 e. The van der Waals surface area contributed by atoms with Gasteiger partial charge in [0.2, 0.25) is 10.0 Å². The third-order valence-electron chi connectivity index (χ3n) is 3.80. The lowest BCUT2D eigenvalue weighted by Crippen LogP contribution is -2.32. The first-order valence-electron chi connectivity index (χ1n) is 6.53. The van der Waals surface area contributed by atoms with Crippen molar-refractivity contribution in [2.24, 2.45) is 5.92 Å². The van der Waals surface area contributed by atoms with Gasteiger partial charge in [0.05, 0.1) is 5.69 Å². The number of nitrogens with two attached hydrogens (primary N) is 1. The lowest BCUT2D eigenvalue weighted by atomic mass is 9.80. The van der Waals surface area contributed by atoms with E-state index in [2.05, 4.69) is 17.0 Å². The van der Waals surface area contributed by atoms with Crippen LogP contribution in [0.15, 0.2) is 23.1 Å². The topological polar surface area (TPSA) is 84.2 Å². The van der Waals surface area contributed by atoms with Crippen LogP contribution >= 0.6 is 0 Å². The first-order chi connectivity index (χ1) is 8.94. The molecule has 0 aromatic heterocycles. The summed E-state index contributed by atoms with van der Waals surface area (Å²) in [5, 5.41) is 3.31. The number of anilines is 2. The zero-order chi connectivity index (χ0) is 14.0. The van der Waals surface area contributed by atoms with Gasteiger partial charge in [-0.3, -0.25) is 0 Å². The Hall–Kier alpha value is -1.27. The van der Waals surface area contributed by atoms with Crippen molar-refractivity contribution in [2.75, 3.05) is 18.1 Å². The Kier molecular flexibility index (Phi) is 4.01. The quantitative estimate of drug-likeness (QED) is 0.719. The SMILES string of the molecule is CNS(=O)(=O)c1cc(N)ccc1NC(C)C1CCC1. The van der Waals surface area contributed by atoms with Gasteiger partial charge in [-0.1, -0.05) is 6.42 Å². The van der Waals surface area contributed by atoms with Crippen LogP contribution in [0.3, 0.4) is 0 Å². The third-order valence-corrected chi connectivity index (χ3v) is 5.26. The van der Waals surface area contributed by atoms with Crippen molar-refractivity contribution in [3.05, 3.63) is 18.2 Å². The summed E-state index contributed by atoms with van der Waals surface area (Å²) in [6, 6.07) is 5.20. The highest BCUT2D eigenvalue weighted by Crippen LogP contribution is 2.32. The highest BCUT2D eigenvalue weighted by Gasteiger charge is 2.25. The molecule has 1 fully saturated rings. The Morgan fingerprint density at radius 1 is 1.37 bits per heavy atom. The Balaban J connectivity index is 2.29. The van der Waals surface area contributed by atoms with E-state index in [-0.39, 0.29) is 10.9 Å². The maximum absolute atomic E-state index is 12.0. The lowest BCUT2D eigenvalue weighted by Gasteiger charge is -2.33. The van der Waals surface area contributed by atoms with Gasteiger partial charge in [-0.2, -0.15) is 0 Å². The molecule has 6 heteroatoms. The molecule has 0 spiro atoms. The van der Waals surface area contributed by atoms with E-state index in [1.807, 2.05) is 0 Å². The molecule has 0 radical (unpaired) electrons. The lowest BCUT2D eigenvalue weighted by molar-refractivity contribution is 0.285. The molecular weight excluding hydrogens is 262 g/mol. The van der Waals surface area contributed by atoms with E-state index in [9.17, 15) is 8.42 Å². The minimum atomic E-state index is -3.50. The number of rotatable bonds is 5. The van der Waals surface area contributed by atoms with Crippen molar-refractivity contribution in [3.8, 4) is 0 Å². The predicted molar refractivity (Wildman–Crippen MR) is 77.5 cm³/mol.